The maximum atomic E-state index is 5.43. The highest BCUT2D eigenvalue weighted by Crippen LogP contribution is 2.52. The standard InChI is InChI=1S/C18H26N2O/c1-13(2)8-10-20-11-9-18(3)15-12-14(21-5)6-7-16(15)19(4)17(18)20/h6-8,12,17H,9-11H2,1-5H3. The third kappa shape index (κ3) is 2.15. The molecular weight excluding hydrogens is 260 g/mol. The molecule has 21 heavy (non-hydrogen) atoms. The van der Waals surface area contributed by atoms with Crippen molar-refractivity contribution in [1.82, 2.24) is 4.90 Å². The molecule has 0 aliphatic carbocycles. The van der Waals surface area contributed by atoms with E-state index in [-0.39, 0.29) is 5.41 Å². The van der Waals surface area contributed by atoms with Gasteiger partial charge in [-0.3, -0.25) is 4.90 Å². The molecule has 0 aromatic heterocycles. The summed E-state index contributed by atoms with van der Waals surface area (Å²) in [6.07, 6.45) is 4.00. The fourth-order valence-electron chi connectivity index (χ4n) is 4.01. The predicted molar refractivity (Wildman–Crippen MR) is 88.2 cm³/mol. The minimum atomic E-state index is 0.202. The molecule has 2 aliphatic heterocycles. The Morgan fingerprint density at radius 1 is 1.43 bits per heavy atom. The molecule has 0 radical (unpaired) electrons. The van der Waals surface area contributed by atoms with Gasteiger partial charge in [-0.2, -0.15) is 0 Å². The zero-order chi connectivity index (χ0) is 15.2. The summed E-state index contributed by atoms with van der Waals surface area (Å²) in [5.74, 6) is 0.965. The van der Waals surface area contributed by atoms with Crippen molar-refractivity contribution in [2.75, 3.05) is 32.1 Å². The summed E-state index contributed by atoms with van der Waals surface area (Å²) in [5, 5.41) is 0. The lowest BCUT2D eigenvalue weighted by Crippen LogP contribution is -2.47. The van der Waals surface area contributed by atoms with Crippen LogP contribution in [0, 0.1) is 0 Å². The van der Waals surface area contributed by atoms with Crippen LogP contribution in [0.15, 0.2) is 29.8 Å². The average Bonchev–Trinajstić information content (AvgIpc) is 2.91. The van der Waals surface area contributed by atoms with Crippen LogP contribution in [-0.2, 0) is 5.41 Å². The van der Waals surface area contributed by atoms with Crippen molar-refractivity contribution < 1.29 is 4.74 Å². The maximum Gasteiger partial charge on any atom is 0.119 e. The number of nitrogens with zero attached hydrogens (tertiary/aromatic N) is 2. The first-order chi connectivity index (χ1) is 9.97. The quantitative estimate of drug-likeness (QED) is 0.792. The van der Waals surface area contributed by atoms with Crippen LogP contribution in [0.1, 0.15) is 32.8 Å². The molecule has 2 heterocycles. The van der Waals surface area contributed by atoms with Gasteiger partial charge in [0.1, 0.15) is 5.75 Å². The Hall–Kier alpha value is -1.48. The van der Waals surface area contributed by atoms with Gasteiger partial charge < -0.3 is 9.64 Å². The predicted octanol–water partition coefficient (Wildman–Crippen LogP) is 3.40. The zero-order valence-electron chi connectivity index (χ0n) is 13.8. The molecule has 3 heteroatoms. The largest absolute Gasteiger partial charge is 0.497 e. The van der Waals surface area contributed by atoms with Gasteiger partial charge in [-0.1, -0.05) is 18.6 Å². The fraction of sp³-hybridized carbons (Fsp3) is 0.556. The molecule has 0 amide bonds. The van der Waals surface area contributed by atoms with Crippen LogP contribution >= 0.6 is 0 Å². The number of fused-ring (bicyclic) bond motifs is 3. The van der Waals surface area contributed by atoms with E-state index in [0.29, 0.717) is 6.17 Å². The summed E-state index contributed by atoms with van der Waals surface area (Å²) in [4.78, 5) is 5.04. The Morgan fingerprint density at radius 2 is 2.19 bits per heavy atom. The second-order valence-electron chi connectivity index (χ2n) is 6.81. The van der Waals surface area contributed by atoms with Gasteiger partial charge in [-0.05, 0) is 44.0 Å². The van der Waals surface area contributed by atoms with E-state index in [1.54, 1.807) is 7.11 Å². The van der Waals surface area contributed by atoms with Crippen molar-refractivity contribution in [3.05, 3.63) is 35.4 Å². The first kappa shape index (κ1) is 14.5. The highest BCUT2D eigenvalue weighted by molar-refractivity contribution is 5.66. The summed E-state index contributed by atoms with van der Waals surface area (Å²) < 4.78 is 5.43. The maximum absolute atomic E-state index is 5.43. The highest BCUT2D eigenvalue weighted by Gasteiger charge is 2.52. The van der Waals surface area contributed by atoms with Crippen molar-refractivity contribution in [1.29, 1.82) is 0 Å². The van der Waals surface area contributed by atoms with Gasteiger partial charge in [0, 0.05) is 31.2 Å². The van der Waals surface area contributed by atoms with Gasteiger partial charge in [0.2, 0.25) is 0 Å². The number of benzene rings is 1. The number of ether oxygens (including phenoxy) is 1. The average molecular weight is 286 g/mol. The lowest BCUT2D eigenvalue weighted by Gasteiger charge is -2.34. The van der Waals surface area contributed by atoms with Gasteiger partial charge in [0.05, 0.1) is 13.3 Å². The normalized spacial score (nSPS) is 27.5. The number of anilines is 1. The van der Waals surface area contributed by atoms with E-state index < -0.39 is 0 Å². The number of methoxy groups -OCH3 is 1. The molecule has 3 rings (SSSR count). The van der Waals surface area contributed by atoms with Crippen LogP contribution < -0.4 is 9.64 Å². The SMILES string of the molecule is COc1ccc2c(c1)C1(C)CCN(CC=C(C)C)C1N2C. The van der Waals surface area contributed by atoms with Gasteiger partial charge in [-0.25, -0.2) is 0 Å². The number of likely N-dealkylation sites (tertiary alicyclic amines) is 1. The lowest BCUT2D eigenvalue weighted by molar-refractivity contribution is 0.244. The molecule has 1 aromatic carbocycles. The van der Waals surface area contributed by atoms with Crippen LogP contribution in [-0.4, -0.2) is 38.3 Å². The topological polar surface area (TPSA) is 15.7 Å². The van der Waals surface area contributed by atoms with Gasteiger partial charge in [-0.15, -0.1) is 0 Å². The van der Waals surface area contributed by atoms with Crippen LogP contribution in [0.4, 0.5) is 5.69 Å². The van der Waals surface area contributed by atoms with E-state index in [1.165, 1.54) is 23.2 Å². The molecule has 2 aliphatic rings. The minimum absolute atomic E-state index is 0.202. The number of likely N-dealkylation sites (N-methyl/N-ethyl adjacent to an activating group) is 1. The van der Waals surface area contributed by atoms with Crippen molar-refractivity contribution in [2.45, 2.75) is 38.8 Å². The van der Waals surface area contributed by atoms with E-state index in [0.717, 1.165) is 18.8 Å². The van der Waals surface area contributed by atoms with E-state index >= 15 is 0 Å². The summed E-state index contributed by atoms with van der Waals surface area (Å²) in [5.41, 5.74) is 4.39. The van der Waals surface area contributed by atoms with Crippen molar-refractivity contribution in [2.24, 2.45) is 0 Å². The molecule has 3 nitrogen and oxygen atoms in total. The molecule has 1 fully saturated rings. The first-order valence-corrected chi connectivity index (χ1v) is 7.76. The molecule has 1 saturated heterocycles. The monoisotopic (exact) mass is 286 g/mol. The highest BCUT2D eigenvalue weighted by atomic mass is 16.5. The van der Waals surface area contributed by atoms with E-state index in [4.69, 9.17) is 4.74 Å². The fourth-order valence-corrected chi connectivity index (χ4v) is 4.01. The second-order valence-corrected chi connectivity index (χ2v) is 6.81. The lowest BCUT2D eigenvalue weighted by atomic mass is 9.81. The van der Waals surface area contributed by atoms with Gasteiger partial charge >= 0.3 is 0 Å². The van der Waals surface area contributed by atoms with Crippen LogP contribution in [0.3, 0.4) is 0 Å². The Labute approximate surface area is 128 Å². The molecule has 0 saturated carbocycles. The molecule has 0 spiro atoms. The van der Waals surface area contributed by atoms with E-state index in [1.807, 2.05) is 0 Å². The Kier molecular flexibility index (Phi) is 3.48. The van der Waals surface area contributed by atoms with Crippen LogP contribution in [0.2, 0.25) is 0 Å². The molecule has 0 bridgehead atoms. The summed E-state index contributed by atoms with van der Waals surface area (Å²) in [7, 11) is 3.97. The van der Waals surface area contributed by atoms with Crippen molar-refractivity contribution in [3.8, 4) is 5.75 Å². The summed E-state index contributed by atoms with van der Waals surface area (Å²) in [6, 6.07) is 6.51. The van der Waals surface area contributed by atoms with Gasteiger partial charge in [0.25, 0.3) is 0 Å². The van der Waals surface area contributed by atoms with E-state index in [9.17, 15) is 0 Å². The zero-order valence-corrected chi connectivity index (χ0v) is 13.8. The van der Waals surface area contributed by atoms with E-state index in [2.05, 4.69) is 61.9 Å². The molecular formula is C18H26N2O. The molecule has 2 atom stereocenters. The Morgan fingerprint density at radius 3 is 2.86 bits per heavy atom. The minimum Gasteiger partial charge on any atom is -0.497 e. The number of rotatable bonds is 3. The number of allylic oxidation sites excluding steroid dienone is 1. The van der Waals surface area contributed by atoms with Crippen LogP contribution in [0.5, 0.6) is 5.75 Å². The molecule has 114 valence electrons. The third-order valence-electron chi connectivity index (χ3n) is 5.13. The second kappa shape index (κ2) is 5.06. The number of hydrogen-bond donors (Lipinski definition) is 0. The van der Waals surface area contributed by atoms with Crippen molar-refractivity contribution >= 4 is 5.69 Å². The summed E-state index contributed by atoms with van der Waals surface area (Å²) in [6.45, 7) is 8.95. The van der Waals surface area contributed by atoms with Crippen LogP contribution in [0.25, 0.3) is 0 Å². The number of hydrogen-bond acceptors (Lipinski definition) is 3. The molecule has 0 N–H and O–H groups in total. The van der Waals surface area contributed by atoms with Gasteiger partial charge in [0.15, 0.2) is 0 Å². The smallest absolute Gasteiger partial charge is 0.119 e. The molecule has 1 aromatic rings. The molecule has 2 unspecified atom stereocenters. The Balaban J connectivity index is 1.97. The Bertz CT molecular complexity index is 577. The first-order valence-electron chi connectivity index (χ1n) is 7.76. The summed E-state index contributed by atoms with van der Waals surface area (Å²) >= 11 is 0. The third-order valence-corrected chi connectivity index (χ3v) is 5.13. The van der Waals surface area contributed by atoms with Crippen molar-refractivity contribution in [3.63, 3.8) is 0 Å².